The predicted molar refractivity (Wildman–Crippen MR) is 51.2 cm³/mol. The van der Waals surface area contributed by atoms with Crippen LogP contribution in [0.1, 0.15) is 13.8 Å². The van der Waals surface area contributed by atoms with Crippen LogP contribution in [-0.2, 0) is 9.59 Å². The van der Waals surface area contributed by atoms with Gasteiger partial charge in [0.05, 0.1) is 0 Å². The number of nitrogens with one attached hydrogen (secondary N) is 1. The van der Waals surface area contributed by atoms with E-state index in [1.54, 1.807) is 18.3 Å². The fourth-order valence-corrected chi connectivity index (χ4v) is 0.377. The normalized spacial score (nSPS) is 6.47. The van der Waals surface area contributed by atoms with Gasteiger partial charge in [-0.25, -0.2) is 0 Å². The first-order chi connectivity index (χ1) is 6.86. The molecule has 1 aromatic heterocycles. The molecule has 8 heteroatoms. The zero-order valence-corrected chi connectivity index (χ0v) is 14.4. The van der Waals surface area contributed by atoms with Crippen LogP contribution in [0.2, 0.25) is 0 Å². The number of carboxylic acids is 2. The molecule has 0 unspecified atom stereocenters. The van der Waals surface area contributed by atoms with Crippen molar-refractivity contribution in [2.24, 2.45) is 0 Å². The van der Waals surface area contributed by atoms with Gasteiger partial charge in [0.1, 0.15) is 0 Å². The second-order valence-corrected chi connectivity index (χ2v) is 2.21. The molecular weight excluding hydrogens is 352 g/mol. The number of pyridine rings is 1. The molecule has 0 aromatic carbocycles. The molecule has 92 valence electrons. The van der Waals surface area contributed by atoms with E-state index in [-0.39, 0.29) is 59.1 Å². The molecule has 1 heterocycles. The Bertz CT molecular complexity index is 318. The molecule has 6 nitrogen and oxygen atoms in total. The third-order valence-corrected chi connectivity index (χ3v) is 0.681. The molecule has 0 aliphatic carbocycles. The Balaban J connectivity index is -0.0000000755. The van der Waals surface area contributed by atoms with Crippen LogP contribution < -0.4 is 69.3 Å². The van der Waals surface area contributed by atoms with Crippen molar-refractivity contribution < 1.29 is 73.3 Å². The number of carbonyl (C=O) groups is 2. The number of H-pyrrole nitrogens is 1. The van der Waals surface area contributed by atoms with Gasteiger partial charge in [0.2, 0.25) is 29.5 Å². The van der Waals surface area contributed by atoms with E-state index in [0.717, 1.165) is 13.8 Å². The van der Waals surface area contributed by atoms with E-state index in [2.05, 4.69) is 4.98 Å². The van der Waals surface area contributed by atoms with Crippen LogP contribution in [0.15, 0.2) is 29.2 Å². The summed E-state index contributed by atoms with van der Waals surface area (Å²) < 4.78 is 0. The minimum atomic E-state index is -1.08. The quantitative estimate of drug-likeness (QED) is 0.363. The van der Waals surface area contributed by atoms with Gasteiger partial charge in [-0.2, -0.15) is 0 Å². The topological polar surface area (TPSA) is 113 Å². The van der Waals surface area contributed by atoms with Gasteiger partial charge < -0.3 is 24.8 Å². The van der Waals surface area contributed by atoms with Gasteiger partial charge in [0.15, 0.2) is 0 Å². The second kappa shape index (κ2) is 18.0. The Labute approximate surface area is 138 Å². The number of carboxylic acid groups (broad SMARTS) is 2. The molecule has 0 aliphatic rings. The summed E-state index contributed by atoms with van der Waals surface area (Å²) in [6, 6.07) is 4.93. The van der Waals surface area contributed by atoms with Crippen molar-refractivity contribution in [1.29, 1.82) is 0 Å². The molecule has 0 radical (unpaired) electrons. The van der Waals surface area contributed by atoms with E-state index < -0.39 is 11.9 Å². The number of halogens is 1. The van der Waals surface area contributed by atoms with E-state index in [0.29, 0.717) is 0 Å². The van der Waals surface area contributed by atoms with Crippen LogP contribution in [-0.4, -0.2) is 16.9 Å². The SMILES string of the molecule is CC(=O)[O-].CC(=O)[O-].O=c1cccc[nH]1.[IH2+].[Na+]. The van der Waals surface area contributed by atoms with E-state index in [1.807, 2.05) is 0 Å². The number of hydrogen-bond acceptors (Lipinski definition) is 5. The number of rotatable bonds is 0. The predicted octanol–water partition coefficient (Wildman–Crippen LogP) is -8.64. The summed E-state index contributed by atoms with van der Waals surface area (Å²) in [5.41, 5.74) is -0.0532. The molecule has 0 aliphatic heterocycles. The smallest absolute Gasteiger partial charge is 0.550 e. The van der Waals surface area contributed by atoms with Crippen molar-refractivity contribution in [3.63, 3.8) is 0 Å². The van der Waals surface area contributed by atoms with Gasteiger partial charge in [-0.3, -0.25) is 4.79 Å². The first-order valence-corrected chi connectivity index (χ1v) is 3.85. The number of hydrogen-bond donors (Lipinski definition) is 1. The fraction of sp³-hybridized carbons (Fsp3) is 0.222. The third-order valence-electron chi connectivity index (χ3n) is 0.681. The van der Waals surface area contributed by atoms with Crippen LogP contribution in [0.4, 0.5) is 0 Å². The van der Waals surface area contributed by atoms with Gasteiger partial charge >= 0.3 is 29.6 Å². The summed E-state index contributed by atoms with van der Waals surface area (Å²) in [4.78, 5) is 30.5. The van der Waals surface area contributed by atoms with E-state index in [9.17, 15) is 4.79 Å². The molecule has 0 saturated heterocycles. The summed E-state index contributed by atoms with van der Waals surface area (Å²) in [5.74, 6) is -2.17. The first kappa shape index (κ1) is 25.5. The number of aromatic amines is 1. The van der Waals surface area contributed by atoms with Crippen molar-refractivity contribution in [3.05, 3.63) is 34.7 Å². The second-order valence-electron chi connectivity index (χ2n) is 2.21. The van der Waals surface area contributed by atoms with E-state index in [4.69, 9.17) is 19.8 Å². The van der Waals surface area contributed by atoms with Crippen LogP contribution in [0, 0.1) is 0 Å². The van der Waals surface area contributed by atoms with Gasteiger partial charge in [0.25, 0.3) is 0 Å². The third kappa shape index (κ3) is 49.9. The Morgan fingerprint density at radius 1 is 1.12 bits per heavy atom. The van der Waals surface area contributed by atoms with E-state index >= 15 is 0 Å². The van der Waals surface area contributed by atoms with Crippen LogP contribution in [0.5, 0.6) is 0 Å². The van der Waals surface area contributed by atoms with Crippen LogP contribution in [0.3, 0.4) is 0 Å². The van der Waals surface area contributed by atoms with E-state index in [1.165, 1.54) is 6.07 Å². The van der Waals surface area contributed by atoms with Crippen LogP contribution >= 0.6 is 0 Å². The molecule has 1 rings (SSSR count). The maximum atomic E-state index is 10.2. The zero-order chi connectivity index (χ0) is 12.3. The largest absolute Gasteiger partial charge is 1.00 e. The Hall–Kier alpha value is -0.380. The van der Waals surface area contributed by atoms with Crippen molar-refractivity contribution >= 4 is 11.9 Å². The minimum Gasteiger partial charge on any atom is -0.550 e. The molecule has 0 bridgehead atoms. The maximum absolute atomic E-state index is 10.2. The fourth-order valence-electron chi connectivity index (χ4n) is 0.377. The summed E-state index contributed by atoms with van der Waals surface area (Å²) in [6.45, 7) is 1.94. The molecule has 1 N–H and O–H groups in total. The number of aromatic nitrogens is 1. The number of aliphatic carboxylic acids is 2. The van der Waals surface area contributed by atoms with Crippen molar-refractivity contribution in [2.75, 3.05) is 0 Å². The first-order valence-electron chi connectivity index (χ1n) is 3.85. The molecular formula is C9H13INNaO5. The summed E-state index contributed by atoms with van der Waals surface area (Å²) in [7, 11) is 0. The Morgan fingerprint density at radius 3 is 1.59 bits per heavy atom. The zero-order valence-electron chi connectivity index (χ0n) is 9.80. The van der Waals surface area contributed by atoms with Crippen molar-refractivity contribution in [3.8, 4) is 0 Å². The van der Waals surface area contributed by atoms with Crippen LogP contribution in [0.25, 0.3) is 0 Å². The average molecular weight is 365 g/mol. The Morgan fingerprint density at radius 2 is 1.47 bits per heavy atom. The summed E-state index contributed by atoms with van der Waals surface area (Å²) >= 11 is 0. The molecule has 0 spiro atoms. The molecule has 1 aromatic rings. The van der Waals surface area contributed by atoms with Crippen molar-refractivity contribution in [2.45, 2.75) is 13.8 Å². The molecule has 0 amide bonds. The molecule has 0 saturated carbocycles. The van der Waals surface area contributed by atoms with Gasteiger partial charge in [-0.1, -0.05) is 6.07 Å². The van der Waals surface area contributed by atoms with Gasteiger partial charge in [-0.15, -0.1) is 0 Å². The van der Waals surface area contributed by atoms with Crippen molar-refractivity contribution in [1.82, 2.24) is 4.98 Å². The molecule has 0 atom stereocenters. The monoisotopic (exact) mass is 365 g/mol. The molecule has 0 fully saturated rings. The van der Waals surface area contributed by atoms with Gasteiger partial charge in [0, 0.05) is 24.2 Å². The van der Waals surface area contributed by atoms with Gasteiger partial charge in [-0.05, 0) is 19.9 Å². The Kier molecular flexibility index (Phi) is 27.0. The molecule has 17 heavy (non-hydrogen) atoms. The standard InChI is InChI=1S/C5H5NO.2C2H4O2.H2I.Na/c7-5-3-1-2-4-6-5;2*1-2(3)4;;/h1-4H,(H,6,7);2*1H3,(H,3,4);1H2;/q;;;2*+1/p-2. The summed E-state index contributed by atoms with van der Waals surface area (Å²) in [5, 5.41) is 17.8. The maximum Gasteiger partial charge on any atom is 1.00 e. The minimum absolute atomic E-state index is 0. The summed E-state index contributed by atoms with van der Waals surface area (Å²) in [6.07, 6.45) is 1.60. The number of carbonyl (C=O) groups excluding carboxylic acids is 2. The average Bonchev–Trinajstić information content (AvgIpc) is 2.03.